The molecule has 0 saturated heterocycles. The Kier molecular flexibility index (Phi) is 2.42. The highest BCUT2D eigenvalue weighted by Crippen LogP contribution is 2.48. The molecule has 1 saturated carbocycles. The van der Waals surface area contributed by atoms with E-state index >= 15 is 0 Å². The van der Waals surface area contributed by atoms with Crippen molar-refractivity contribution < 1.29 is 14.6 Å². The van der Waals surface area contributed by atoms with Crippen molar-refractivity contribution in [1.29, 1.82) is 0 Å². The first kappa shape index (κ1) is 11.6. The van der Waals surface area contributed by atoms with Gasteiger partial charge in [-0.1, -0.05) is 20.8 Å². The third-order valence-corrected chi connectivity index (χ3v) is 4.00. The molecule has 1 fully saturated rings. The molecule has 1 aliphatic heterocycles. The number of esters is 1. The molecular formula is C13H20O3. The highest BCUT2D eigenvalue weighted by Gasteiger charge is 2.49. The van der Waals surface area contributed by atoms with Gasteiger partial charge < -0.3 is 9.84 Å². The van der Waals surface area contributed by atoms with Crippen molar-refractivity contribution in [2.24, 2.45) is 11.3 Å². The predicted octanol–water partition coefficient (Wildman–Crippen LogP) is 2.39. The summed E-state index contributed by atoms with van der Waals surface area (Å²) in [6.07, 6.45) is 2.22. The molecule has 90 valence electrons. The van der Waals surface area contributed by atoms with Gasteiger partial charge in [0.15, 0.2) is 0 Å². The fourth-order valence-corrected chi connectivity index (χ4v) is 2.68. The highest BCUT2D eigenvalue weighted by atomic mass is 16.7. The Morgan fingerprint density at radius 3 is 2.62 bits per heavy atom. The van der Waals surface area contributed by atoms with Gasteiger partial charge in [0.1, 0.15) is 0 Å². The van der Waals surface area contributed by atoms with Crippen LogP contribution in [0.5, 0.6) is 0 Å². The second-order valence-electron chi connectivity index (χ2n) is 6.08. The summed E-state index contributed by atoms with van der Waals surface area (Å²) in [5, 5.41) is 10.2. The second kappa shape index (κ2) is 3.33. The van der Waals surface area contributed by atoms with Gasteiger partial charge in [0, 0.05) is 17.6 Å². The zero-order valence-corrected chi connectivity index (χ0v) is 10.5. The quantitative estimate of drug-likeness (QED) is 0.643. The van der Waals surface area contributed by atoms with E-state index in [2.05, 4.69) is 20.8 Å². The fraction of sp³-hybridized carbons (Fsp3) is 0.769. The maximum atomic E-state index is 11.5. The maximum absolute atomic E-state index is 11.5. The molecule has 2 aliphatic rings. The van der Waals surface area contributed by atoms with Crippen LogP contribution in [0.3, 0.4) is 0 Å². The molecule has 3 nitrogen and oxygen atoms in total. The first-order valence-corrected chi connectivity index (χ1v) is 5.90. The van der Waals surface area contributed by atoms with Gasteiger partial charge in [-0.05, 0) is 31.1 Å². The molecule has 0 aromatic rings. The fourth-order valence-electron chi connectivity index (χ4n) is 2.68. The first-order chi connectivity index (χ1) is 7.24. The molecule has 0 radical (unpaired) electrons. The SMILES string of the molecule is CC1=C2C[C@@H](C(C)(C)C)CC[C@]2(O)OC1=O. The number of rotatable bonds is 0. The molecule has 0 unspecified atom stereocenters. The summed E-state index contributed by atoms with van der Waals surface area (Å²) in [6, 6.07) is 0. The molecular weight excluding hydrogens is 204 g/mol. The lowest BCUT2D eigenvalue weighted by molar-refractivity contribution is -0.190. The van der Waals surface area contributed by atoms with Gasteiger partial charge in [0.2, 0.25) is 5.79 Å². The molecule has 1 N–H and O–H groups in total. The molecule has 1 aliphatic carbocycles. The number of carbonyl (C=O) groups is 1. The summed E-state index contributed by atoms with van der Waals surface area (Å²) in [5.41, 5.74) is 1.63. The number of fused-ring (bicyclic) bond motifs is 1. The lowest BCUT2D eigenvalue weighted by atomic mass is 9.69. The van der Waals surface area contributed by atoms with Crippen LogP contribution in [-0.4, -0.2) is 16.9 Å². The summed E-state index contributed by atoms with van der Waals surface area (Å²) >= 11 is 0. The van der Waals surface area contributed by atoms with Crippen LogP contribution in [0.4, 0.5) is 0 Å². The minimum absolute atomic E-state index is 0.209. The Labute approximate surface area is 96.5 Å². The monoisotopic (exact) mass is 224 g/mol. The van der Waals surface area contributed by atoms with Crippen molar-refractivity contribution in [2.75, 3.05) is 0 Å². The summed E-state index contributed by atoms with van der Waals surface area (Å²) in [5.74, 6) is -1.14. The standard InChI is InChI=1S/C13H20O3/c1-8-10-7-9(12(2,3)4)5-6-13(10,15)16-11(8)14/h9,15H,5-7H2,1-4H3/t9-,13-/m0/s1. The molecule has 16 heavy (non-hydrogen) atoms. The highest BCUT2D eigenvalue weighted by molar-refractivity contribution is 5.92. The van der Waals surface area contributed by atoms with Crippen molar-refractivity contribution >= 4 is 5.97 Å². The van der Waals surface area contributed by atoms with E-state index in [0.717, 1.165) is 18.4 Å². The Morgan fingerprint density at radius 2 is 2.06 bits per heavy atom. The van der Waals surface area contributed by atoms with Crippen LogP contribution in [0.15, 0.2) is 11.1 Å². The minimum Gasteiger partial charge on any atom is -0.426 e. The van der Waals surface area contributed by atoms with Crippen LogP contribution in [0.2, 0.25) is 0 Å². The Morgan fingerprint density at radius 1 is 1.44 bits per heavy atom. The average Bonchev–Trinajstić information content (AvgIpc) is 2.36. The summed E-state index contributed by atoms with van der Waals surface area (Å²) in [7, 11) is 0. The van der Waals surface area contributed by atoms with E-state index in [1.807, 2.05) is 0 Å². The molecule has 0 aromatic carbocycles. The van der Waals surface area contributed by atoms with Crippen LogP contribution in [-0.2, 0) is 9.53 Å². The van der Waals surface area contributed by atoms with E-state index in [-0.39, 0.29) is 11.4 Å². The number of aliphatic hydroxyl groups is 1. The van der Waals surface area contributed by atoms with Crippen molar-refractivity contribution in [3.63, 3.8) is 0 Å². The van der Waals surface area contributed by atoms with Gasteiger partial charge in [-0.15, -0.1) is 0 Å². The van der Waals surface area contributed by atoms with Gasteiger partial charge in [-0.25, -0.2) is 4.79 Å². The molecule has 2 rings (SSSR count). The van der Waals surface area contributed by atoms with E-state index in [0.29, 0.717) is 17.9 Å². The van der Waals surface area contributed by atoms with Crippen molar-refractivity contribution in [2.45, 2.75) is 52.7 Å². The minimum atomic E-state index is -1.29. The number of hydrogen-bond acceptors (Lipinski definition) is 3. The molecule has 0 spiro atoms. The van der Waals surface area contributed by atoms with Crippen LogP contribution in [0.1, 0.15) is 47.0 Å². The average molecular weight is 224 g/mol. The van der Waals surface area contributed by atoms with E-state index in [4.69, 9.17) is 4.74 Å². The molecule has 1 heterocycles. The van der Waals surface area contributed by atoms with Crippen molar-refractivity contribution in [3.05, 3.63) is 11.1 Å². The van der Waals surface area contributed by atoms with Crippen molar-refractivity contribution in [3.8, 4) is 0 Å². The van der Waals surface area contributed by atoms with Crippen LogP contribution in [0, 0.1) is 11.3 Å². The smallest absolute Gasteiger partial charge is 0.336 e. The van der Waals surface area contributed by atoms with E-state index in [1.165, 1.54) is 0 Å². The largest absolute Gasteiger partial charge is 0.426 e. The van der Waals surface area contributed by atoms with E-state index < -0.39 is 5.79 Å². The van der Waals surface area contributed by atoms with Crippen molar-refractivity contribution in [1.82, 2.24) is 0 Å². The number of carbonyl (C=O) groups excluding carboxylic acids is 1. The second-order valence-corrected chi connectivity index (χ2v) is 6.08. The zero-order chi connectivity index (χ0) is 12.1. The number of hydrogen-bond donors (Lipinski definition) is 1. The normalized spacial score (nSPS) is 35.1. The van der Waals surface area contributed by atoms with Gasteiger partial charge in [-0.3, -0.25) is 0 Å². The summed E-state index contributed by atoms with van der Waals surface area (Å²) in [4.78, 5) is 11.5. The Bertz CT molecular complexity index is 362. The Hall–Kier alpha value is -0.830. The van der Waals surface area contributed by atoms with Gasteiger partial charge in [-0.2, -0.15) is 0 Å². The molecule has 0 bridgehead atoms. The molecule has 2 atom stereocenters. The molecule has 0 aromatic heterocycles. The van der Waals surface area contributed by atoms with Gasteiger partial charge >= 0.3 is 5.97 Å². The van der Waals surface area contributed by atoms with Gasteiger partial charge in [0.05, 0.1) is 0 Å². The topological polar surface area (TPSA) is 46.5 Å². The lowest BCUT2D eigenvalue weighted by Gasteiger charge is -2.39. The Balaban J connectivity index is 2.29. The van der Waals surface area contributed by atoms with Gasteiger partial charge in [0.25, 0.3) is 0 Å². The van der Waals surface area contributed by atoms with Crippen LogP contribution >= 0.6 is 0 Å². The van der Waals surface area contributed by atoms with Crippen LogP contribution < -0.4 is 0 Å². The van der Waals surface area contributed by atoms with E-state index in [9.17, 15) is 9.90 Å². The third kappa shape index (κ3) is 1.67. The number of ether oxygens (including phenoxy) is 1. The third-order valence-electron chi connectivity index (χ3n) is 4.00. The molecule has 0 amide bonds. The molecule has 3 heteroatoms. The summed E-state index contributed by atoms with van der Waals surface area (Å²) < 4.78 is 5.07. The summed E-state index contributed by atoms with van der Waals surface area (Å²) in [6.45, 7) is 8.36. The zero-order valence-electron chi connectivity index (χ0n) is 10.5. The predicted molar refractivity (Wildman–Crippen MR) is 60.5 cm³/mol. The maximum Gasteiger partial charge on any atom is 0.336 e. The van der Waals surface area contributed by atoms with E-state index in [1.54, 1.807) is 6.92 Å². The first-order valence-electron chi connectivity index (χ1n) is 5.90. The van der Waals surface area contributed by atoms with Crippen LogP contribution in [0.25, 0.3) is 0 Å². The lowest BCUT2D eigenvalue weighted by Crippen LogP contribution is -2.39.